The molecule has 1 heterocycles. The zero-order valence-electron chi connectivity index (χ0n) is 15.3. The SMILES string of the molecule is CC1CCN(C(=O)/C(=C/c2ccccc2F)NC(=O)c2ccccc2)CC1. The Balaban J connectivity index is 1.88. The van der Waals surface area contributed by atoms with E-state index in [1.165, 1.54) is 12.1 Å². The average molecular weight is 366 g/mol. The third kappa shape index (κ3) is 4.82. The number of likely N-dealkylation sites (tertiary alicyclic amines) is 1. The second-order valence-corrected chi connectivity index (χ2v) is 6.87. The lowest BCUT2D eigenvalue weighted by Crippen LogP contribution is -2.42. The molecule has 1 aliphatic heterocycles. The first kappa shape index (κ1) is 18.8. The predicted octanol–water partition coefficient (Wildman–Crippen LogP) is 3.86. The van der Waals surface area contributed by atoms with Gasteiger partial charge in [-0.05, 0) is 43.0 Å². The van der Waals surface area contributed by atoms with Gasteiger partial charge in [0.15, 0.2) is 0 Å². The molecule has 3 rings (SSSR count). The summed E-state index contributed by atoms with van der Waals surface area (Å²) < 4.78 is 14.1. The number of piperidine rings is 1. The van der Waals surface area contributed by atoms with E-state index in [1.54, 1.807) is 47.4 Å². The Morgan fingerprint density at radius 1 is 1.04 bits per heavy atom. The molecule has 0 radical (unpaired) electrons. The van der Waals surface area contributed by atoms with Crippen LogP contribution in [0.3, 0.4) is 0 Å². The minimum Gasteiger partial charge on any atom is -0.337 e. The van der Waals surface area contributed by atoms with E-state index in [-0.39, 0.29) is 17.2 Å². The van der Waals surface area contributed by atoms with E-state index in [9.17, 15) is 14.0 Å². The fraction of sp³-hybridized carbons (Fsp3) is 0.273. The van der Waals surface area contributed by atoms with Gasteiger partial charge in [0, 0.05) is 24.2 Å². The fourth-order valence-electron chi connectivity index (χ4n) is 3.06. The lowest BCUT2D eigenvalue weighted by molar-refractivity contribution is -0.128. The lowest BCUT2D eigenvalue weighted by atomic mass is 9.99. The molecule has 1 saturated heterocycles. The Labute approximate surface area is 158 Å². The van der Waals surface area contributed by atoms with E-state index < -0.39 is 11.7 Å². The van der Waals surface area contributed by atoms with Crippen molar-refractivity contribution in [2.45, 2.75) is 19.8 Å². The molecule has 2 aromatic rings. The maximum Gasteiger partial charge on any atom is 0.270 e. The van der Waals surface area contributed by atoms with Gasteiger partial charge in [-0.1, -0.05) is 43.3 Å². The third-order valence-corrected chi connectivity index (χ3v) is 4.79. The number of nitrogens with one attached hydrogen (secondary N) is 1. The van der Waals surface area contributed by atoms with Crippen LogP contribution in [0.4, 0.5) is 4.39 Å². The van der Waals surface area contributed by atoms with Gasteiger partial charge in [0.05, 0.1) is 0 Å². The number of benzene rings is 2. The van der Waals surface area contributed by atoms with Crippen molar-refractivity contribution < 1.29 is 14.0 Å². The van der Waals surface area contributed by atoms with Crippen LogP contribution in [0.1, 0.15) is 35.7 Å². The van der Waals surface area contributed by atoms with Crippen LogP contribution in [-0.2, 0) is 4.79 Å². The quantitative estimate of drug-likeness (QED) is 0.836. The van der Waals surface area contributed by atoms with Crippen molar-refractivity contribution in [2.75, 3.05) is 13.1 Å². The predicted molar refractivity (Wildman–Crippen MR) is 103 cm³/mol. The molecule has 0 aliphatic carbocycles. The molecule has 27 heavy (non-hydrogen) atoms. The Bertz CT molecular complexity index is 840. The smallest absolute Gasteiger partial charge is 0.270 e. The summed E-state index contributed by atoms with van der Waals surface area (Å²) >= 11 is 0. The van der Waals surface area contributed by atoms with Gasteiger partial charge < -0.3 is 10.2 Å². The van der Waals surface area contributed by atoms with Crippen molar-refractivity contribution in [1.82, 2.24) is 10.2 Å². The van der Waals surface area contributed by atoms with Crippen molar-refractivity contribution in [3.05, 3.63) is 77.2 Å². The van der Waals surface area contributed by atoms with Crippen LogP contribution >= 0.6 is 0 Å². The van der Waals surface area contributed by atoms with Crippen LogP contribution in [0, 0.1) is 11.7 Å². The summed E-state index contributed by atoms with van der Waals surface area (Å²) in [5, 5.41) is 2.68. The molecule has 5 heteroatoms. The van der Waals surface area contributed by atoms with E-state index in [1.807, 2.05) is 6.07 Å². The number of carbonyl (C=O) groups excluding carboxylic acids is 2. The van der Waals surface area contributed by atoms with Crippen molar-refractivity contribution in [3.63, 3.8) is 0 Å². The highest BCUT2D eigenvalue weighted by Crippen LogP contribution is 2.19. The molecule has 1 aliphatic rings. The van der Waals surface area contributed by atoms with Crippen LogP contribution in [0.15, 0.2) is 60.3 Å². The van der Waals surface area contributed by atoms with Gasteiger partial charge in [-0.25, -0.2) is 4.39 Å². The minimum atomic E-state index is -0.441. The normalized spacial score (nSPS) is 15.5. The first-order chi connectivity index (χ1) is 13.0. The van der Waals surface area contributed by atoms with E-state index >= 15 is 0 Å². The zero-order valence-corrected chi connectivity index (χ0v) is 15.3. The van der Waals surface area contributed by atoms with Crippen molar-refractivity contribution >= 4 is 17.9 Å². The number of hydrogen-bond donors (Lipinski definition) is 1. The molecule has 0 saturated carbocycles. The van der Waals surface area contributed by atoms with Gasteiger partial charge in [0.25, 0.3) is 11.8 Å². The number of halogens is 1. The summed E-state index contributed by atoms with van der Waals surface area (Å²) in [6.45, 7) is 3.43. The van der Waals surface area contributed by atoms with Crippen LogP contribution in [0.5, 0.6) is 0 Å². The van der Waals surface area contributed by atoms with E-state index in [2.05, 4.69) is 12.2 Å². The van der Waals surface area contributed by atoms with E-state index in [0.717, 1.165) is 12.8 Å². The average Bonchev–Trinajstić information content (AvgIpc) is 2.69. The largest absolute Gasteiger partial charge is 0.337 e. The summed E-state index contributed by atoms with van der Waals surface area (Å²) in [5.41, 5.74) is 0.792. The number of amides is 2. The van der Waals surface area contributed by atoms with Crippen LogP contribution in [0.2, 0.25) is 0 Å². The number of carbonyl (C=O) groups is 2. The Morgan fingerprint density at radius 3 is 2.33 bits per heavy atom. The zero-order chi connectivity index (χ0) is 19.2. The molecule has 0 aromatic heterocycles. The summed E-state index contributed by atoms with van der Waals surface area (Å²) in [6.07, 6.45) is 3.26. The summed E-state index contributed by atoms with van der Waals surface area (Å²) in [5.74, 6) is -0.540. The highest BCUT2D eigenvalue weighted by molar-refractivity contribution is 6.05. The molecule has 4 nitrogen and oxygen atoms in total. The Kier molecular flexibility index (Phi) is 6.01. The second kappa shape index (κ2) is 8.62. The third-order valence-electron chi connectivity index (χ3n) is 4.79. The Hall–Kier alpha value is -2.95. The molecule has 2 amide bonds. The van der Waals surface area contributed by atoms with Crippen LogP contribution in [-0.4, -0.2) is 29.8 Å². The highest BCUT2D eigenvalue weighted by Gasteiger charge is 2.24. The minimum absolute atomic E-state index is 0.0866. The fourth-order valence-corrected chi connectivity index (χ4v) is 3.06. The summed E-state index contributed by atoms with van der Waals surface area (Å²) in [6, 6.07) is 14.8. The molecule has 1 fully saturated rings. The molecular weight excluding hydrogens is 343 g/mol. The second-order valence-electron chi connectivity index (χ2n) is 6.87. The number of rotatable bonds is 4. The Morgan fingerprint density at radius 2 is 1.67 bits per heavy atom. The maximum absolute atomic E-state index is 14.1. The van der Waals surface area contributed by atoms with E-state index in [0.29, 0.717) is 24.6 Å². The molecule has 2 aromatic carbocycles. The topological polar surface area (TPSA) is 49.4 Å². The summed E-state index contributed by atoms with van der Waals surface area (Å²) in [7, 11) is 0. The highest BCUT2D eigenvalue weighted by atomic mass is 19.1. The molecule has 140 valence electrons. The van der Waals surface area contributed by atoms with Crippen LogP contribution in [0.25, 0.3) is 6.08 Å². The maximum atomic E-state index is 14.1. The van der Waals surface area contributed by atoms with Crippen molar-refractivity contribution in [1.29, 1.82) is 0 Å². The molecule has 1 N–H and O–H groups in total. The van der Waals surface area contributed by atoms with Crippen LogP contribution < -0.4 is 5.32 Å². The molecule has 0 spiro atoms. The van der Waals surface area contributed by atoms with Gasteiger partial charge >= 0.3 is 0 Å². The monoisotopic (exact) mass is 366 g/mol. The summed E-state index contributed by atoms with van der Waals surface area (Å²) in [4.78, 5) is 27.3. The van der Waals surface area contributed by atoms with Gasteiger partial charge in [-0.2, -0.15) is 0 Å². The van der Waals surface area contributed by atoms with Gasteiger partial charge in [-0.15, -0.1) is 0 Å². The standard InChI is InChI=1S/C22H23FN2O2/c1-16-11-13-25(14-12-16)22(27)20(15-18-9-5-6-10-19(18)23)24-21(26)17-7-3-2-4-8-17/h2-10,15-16H,11-14H2,1H3,(H,24,26)/b20-15-. The molecule has 0 atom stereocenters. The van der Waals surface area contributed by atoms with Gasteiger partial charge in [0.1, 0.15) is 11.5 Å². The number of nitrogens with zero attached hydrogens (tertiary/aromatic N) is 1. The first-order valence-corrected chi connectivity index (χ1v) is 9.16. The van der Waals surface area contributed by atoms with Gasteiger partial charge in [0.2, 0.25) is 0 Å². The molecule has 0 unspecified atom stereocenters. The lowest BCUT2D eigenvalue weighted by Gasteiger charge is -2.31. The first-order valence-electron chi connectivity index (χ1n) is 9.16. The number of hydrogen-bond acceptors (Lipinski definition) is 2. The van der Waals surface area contributed by atoms with Crippen molar-refractivity contribution in [2.24, 2.45) is 5.92 Å². The molecular formula is C22H23FN2O2. The molecule has 0 bridgehead atoms. The van der Waals surface area contributed by atoms with Crippen molar-refractivity contribution in [3.8, 4) is 0 Å². The van der Waals surface area contributed by atoms with E-state index in [4.69, 9.17) is 0 Å². The van der Waals surface area contributed by atoms with Gasteiger partial charge in [-0.3, -0.25) is 9.59 Å².